The second-order valence-corrected chi connectivity index (χ2v) is 6.13. The summed E-state index contributed by atoms with van der Waals surface area (Å²) in [5.74, 6) is 2.13. The summed E-state index contributed by atoms with van der Waals surface area (Å²) in [6.45, 7) is 15.1. The van der Waals surface area contributed by atoms with E-state index in [4.69, 9.17) is 5.73 Å². The van der Waals surface area contributed by atoms with Gasteiger partial charge in [-0.3, -0.25) is 0 Å². The fraction of sp³-hybridized carbons (Fsp3) is 0.667. The third-order valence-corrected chi connectivity index (χ3v) is 3.98. The standard InChI is InChI=1S/C18H33N/c1-7-8-10-14(2)13-16(4)18(6)15(3)11-9-12-17(5)19/h7,9,11-12,14,16-18H,1,8,10,13,19H2,2-6H3/b12-9-,15-11+. The molecular formula is C18H33N. The van der Waals surface area contributed by atoms with Gasteiger partial charge in [0.1, 0.15) is 0 Å². The van der Waals surface area contributed by atoms with E-state index in [1.54, 1.807) is 0 Å². The molecule has 1 heteroatoms. The highest BCUT2D eigenvalue weighted by Crippen LogP contribution is 2.27. The van der Waals surface area contributed by atoms with Crippen molar-refractivity contribution in [2.24, 2.45) is 23.5 Å². The van der Waals surface area contributed by atoms with Crippen LogP contribution in [0.3, 0.4) is 0 Å². The third-order valence-electron chi connectivity index (χ3n) is 3.98. The largest absolute Gasteiger partial charge is 0.325 e. The molecule has 0 saturated heterocycles. The Balaban J connectivity index is 4.30. The zero-order valence-electron chi connectivity index (χ0n) is 13.5. The normalized spacial score (nSPS) is 19.2. The average Bonchev–Trinajstić information content (AvgIpc) is 2.34. The summed E-state index contributed by atoms with van der Waals surface area (Å²) in [5.41, 5.74) is 7.15. The molecule has 0 radical (unpaired) electrons. The molecule has 0 aliphatic rings. The topological polar surface area (TPSA) is 26.0 Å². The fourth-order valence-electron chi connectivity index (χ4n) is 2.34. The number of allylic oxidation sites excluding steroid dienone is 4. The molecular weight excluding hydrogens is 230 g/mol. The molecule has 4 atom stereocenters. The van der Waals surface area contributed by atoms with Gasteiger partial charge >= 0.3 is 0 Å². The molecule has 0 heterocycles. The molecule has 0 fully saturated rings. The summed E-state index contributed by atoms with van der Waals surface area (Å²) in [6, 6.07) is 0.135. The Hall–Kier alpha value is -0.820. The fourth-order valence-corrected chi connectivity index (χ4v) is 2.34. The molecule has 2 N–H and O–H groups in total. The van der Waals surface area contributed by atoms with Crippen LogP contribution in [0.15, 0.2) is 36.5 Å². The Morgan fingerprint density at radius 1 is 1.21 bits per heavy atom. The highest BCUT2D eigenvalue weighted by Gasteiger charge is 2.16. The van der Waals surface area contributed by atoms with Crippen LogP contribution in [0, 0.1) is 17.8 Å². The van der Waals surface area contributed by atoms with Crippen LogP contribution in [0.5, 0.6) is 0 Å². The molecule has 0 aliphatic carbocycles. The number of hydrogen-bond acceptors (Lipinski definition) is 1. The van der Waals surface area contributed by atoms with Crippen molar-refractivity contribution in [2.45, 2.75) is 59.9 Å². The predicted octanol–water partition coefficient (Wildman–Crippen LogP) is 5.10. The maximum atomic E-state index is 5.70. The van der Waals surface area contributed by atoms with Crippen molar-refractivity contribution in [3.63, 3.8) is 0 Å². The molecule has 0 aliphatic heterocycles. The quantitative estimate of drug-likeness (QED) is 0.454. The van der Waals surface area contributed by atoms with Crippen molar-refractivity contribution in [2.75, 3.05) is 0 Å². The average molecular weight is 263 g/mol. The lowest BCUT2D eigenvalue weighted by atomic mass is 9.82. The van der Waals surface area contributed by atoms with Crippen LogP contribution in [0.25, 0.3) is 0 Å². The van der Waals surface area contributed by atoms with Crippen molar-refractivity contribution in [3.8, 4) is 0 Å². The van der Waals surface area contributed by atoms with Crippen molar-refractivity contribution in [3.05, 3.63) is 36.5 Å². The summed E-state index contributed by atoms with van der Waals surface area (Å²) >= 11 is 0. The van der Waals surface area contributed by atoms with Crippen molar-refractivity contribution in [1.82, 2.24) is 0 Å². The van der Waals surface area contributed by atoms with E-state index in [1.165, 1.54) is 18.4 Å². The second kappa shape index (κ2) is 10.0. The minimum Gasteiger partial charge on any atom is -0.325 e. The minimum atomic E-state index is 0.135. The summed E-state index contributed by atoms with van der Waals surface area (Å²) in [4.78, 5) is 0. The maximum absolute atomic E-state index is 5.70. The summed E-state index contributed by atoms with van der Waals surface area (Å²) < 4.78 is 0. The predicted molar refractivity (Wildman–Crippen MR) is 88.1 cm³/mol. The SMILES string of the molecule is C=CCCC(C)CC(C)C(C)/C(C)=C/C=C\C(C)N. The first-order valence-corrected chi connectivity index (χ1v) is 7.59. The van der Waals surface area contributed by atoms with E-state index in [-0.39, 0.29) is 6.04 Å². The lowest BCUT2D eigenvalue weighted by Gasteiger charge is -2.23. The molecule has 19 heavy (non-hydrogen) atoms. The Morgan fingerprint density at radius 2 is 1.84 bits per heavy atom. The Bertz CT molecular complexity index is 299. The van der Waals surface area contributed by atoms with Gasteiger partial charge in [0.05, 0.1) is 0 Å². The highest BCUT2D eigenvalue weighted by atomic mass is 14.6. The molecule has 0 aromatic carbocycles. The van der Waals surface area contributed by atoms with Gasteiger partial charge in [0.2, 0.25) is 0 Å². The van der Waals surface area contributed by atoms with E-state index < -0.39 is 0 Å². The minimum absolute atomic E-state index is 0.135. The number of hydrogen-bond donors (Lipinski definition) is 1. The molecule has 0 spiro atoms. The van der Waals surface area contributed by atoms with E-state index in [0.717, 1.165) is 18.3 Å². The number of nitrogens with two attached hydrogens (primary N) is 1. The van der Waals surface area contributed by atoms with Crippen LogP contribution in [0.1, 0.15) is 53.9 Å². The highest BCUT2D eigenvalue weighted by molar-refractivity contribution is 5.14. The van der Waals surface area contributed by atoms with Gasteiger partial charge in [0.15, 0.2) is 0 Å². The van der Waals surface area contributed by atoms with E-state index in [2.05, 4.69) is 46.4 Å². The van der Waals surface area contributed by atoms with Crippen molar-refractivity contribution in [1.29, 1.82) is 0 Å². The zero-order valence-corrected chi connectivity index (χ0v) is 13.5. The number of rotatable bonds is 9. The second-order valence-electron chi connectivity index (χ2n) is 6.13. The molecule has 4 unspecified atom stereocenters. The van der Waals surface area contributed by atoms with E-state index in [9.17, 15) is 0 Å². The molecule has 1 nitrogen and oxygen atoms in total. The van der Waals surface area contributed by atoms with Crippen molar-refractivity contribution < 1.29 is 0 Å². The van der Waals surface area contributed by atoms with Crippen LogP contribution in [0.4, 0.5) is 0 Å². The summed E-state index contributed by atoms with van der Waals surface area (Å²) in [5, 5.41) is 0. The van der Waals surface area contributed by atoms with Gasteiger partial charge in [0, 0.05) is 6.04 Å². The van der Waals surface area contributed by atoms with Gasteiger partial charge in [-0.05, 0) is 50.9 Å². The first-order chi connectivity index (χ1) is 8.88. The van der Waals surface area contributed by atoms with Gasteiger partial charge < -0.3 is 5.73 Å². The van der Waals surface area contributed by atoms with Crippen LogP contribution in [-0.2, 0) is 0 Å². The lowest BCUT2D eigenvalue weighted by molar-refractivity contribution is 0.334. The maximum Gasteiger partial charge on any atom is 0.0197 e. The van der Waals surface area contributed by atoms with Crippen LogP contribution in [0.2, 0.25) is 0 Å². The van der Waals surface area contributed by atoms with Gasteiger partial charge in [0.25, 0.3) is 0 Å². The van der Waals surface area contributed by atoms with Gasteiger partial charge in [-0.15, -0.1) is 6.58 Å². The van der Waals surface area contributed by atoms with Gasteiger partial charge in [-0.25, -0.2) is 0 Å². The molecule has 0 amide bonds. The molecule has 0 bridgehead atoms. The summed E-state index contributed by atoms with van der Waals surface area (Å²) in [6.07, 6.45) is 12.0. The van der Waals surface area contributed by atoms with E-state index in [1.807, 2.05) is 19.1 Å². The van der Waals surface area contributed by atoms with Crippen LogP contribution >= 0.6 is 0 Å². The Labute approximate surface area is 120 Å². The molecule has 0 saturated carbocycles. The molecule has 0 aromatic heterocycles. The Morgan fingerprint density at radius 3 is 2.37 bits per heavy atom. The molecule has 0 rings (SSSR count). The molecule has 0 aromatic rings. The van der Waals surface area contributed by atoms with Crippen LogP contribution < -0.4 is 5.73 Å². The smallest absolute Gasteiger partial charge is 0.0197 e. The first-order valence-electron chi connectivity index (χ1n) is 7.59. The van der Waals surface area contributed by atoms with Gasteiger partial charge in [-0.1, -0.05) is 50.6 Å². The third kappa shape index (κ3) is 8.83. The zero-order chi connectivity index (χ0) is 14.8. The summed E-state index contributed by atoms with van der Waals surface area (Å²) in [7, 11) is 0. The Kier molecular flexibility index (Phi) is 9.59. The van der Waals surface area contributed by atoms with E-state index in [0.29, 0.717) is 5.92 Å². The van der Waals surface area contributed by atoms with E-state index >= 15 is 0 Å². The lowest BCUT2D eigenvalue weighted by Crippen LogP contribution is -2.13. The molecule has 110 valence electrons. The van der Waals surface area contributed by atoms with Crippen molar-refractivity contribution >= 4 is 0 Å². The van der Waals surface area contributed by atoms with Crippen LogP contribution in [-0.4, -0.2) is 6.04 Å². The first kappa shape index (κ1) is 18.2. The van der Waals surface area contributed by atoms with Gasteiger partial charge in [-0.2, -0.15) is 0 Å². The monoisotopic (exact) mass is 263 g/mol.